The van der Waals surface area contributed by atoms with Crippen LogP contribution >= 0.6 is 0 Å². The number of nitrogens with one attached hydrogen (secondary N) is 2. The van der Waals surface area contributed by atoms with E-state index in [0.29, 0.717) is 17.6 Å². The number of hydrogen-bond donors (Lipinski definition) is 2. The molecule has 132 valence electrons. The molecule has 1 aromatic carbocycles. The zero-order valence-corrected chi connectivity index (χ0v) is 14.1. The Morgan fingerprint density at radius 2 is 2.15 bits per heavy atom. The van der Waals surface area contributed by atoms with E-state index in [9.17, 15) is 9.59 Å². The Labute approximate surface area is 149 Å². The van der Waals surface area contributed by atoms with Crippen LogP contribution in [0.1, 0.15) is 23.3 Å². The van der Waals surface area contributed by atoms with Crippen LogP contribution in [-0.2, 0) is 0 Å². The van der Waals surface area contributed by atoms with Crippen molar-refractivity contribution in [3.63, 3.8) is 0 Å². The maximum absolute atomic E-state index is 12.6. The summed E-state index contributed by atoms with van der Waals surface area (Å²) in [6, 6.07) is 7.06. The molecule has 26 heavy (non-hydrogen) atoms. The number of hydrogen-bond acceptors (Lipinski definition) is 6. The number of benzene rings is 1. The zero-order valence-electron chi connectivity index (χ0n) is 14.1. The number of H-pyrrole nitrogens is 1. The molecule has 0 radical (unpaired) electrons. The van der Waals surface area contributed by atoms with Gasteiger partial charge in [0.1, 0.15) is 5.82 Å². The fourth-order valence-corrected chi connectivity index (χ4v) is 3.19. The van der Waals surface area contributed by atoms with E-state index in [1.165, 1.54) is 0 Å². The van der Waals surface area contributed by atoms with Crippen molar-refractivity contribution < 1.29 is 4.79 Å². The first kappa shape index (κ1) is 16.2. The van der Waals surface area contributed by atoms with E-state index < -0.39 is 11.5 Å². The molecule has 2 N–H and O–H groups in total. The van der Waals surface area contributed by atoms with E-state index >= 15 is 0 Å². The van der Waals surface area contributed by atoms with Gasteiger partial charge in [0, 0.05) is 31.5 Å². The standard InChI is InChI=1S/C18H18N6O2/c25-17(16-18(26)23-14-6-2-1-5-13(14)22-16)21-12-4-3-9-24(11-12)15-10-19-7-8-20-15/h1-2,5-8,10,12H,3-4,9,11H2,(H,21,25)(H,23,26)/t12-/m1/s1. The average molecular weight is 350 g/mol. The lowest BCUT2D eigenvalue weighted by atomic mass is 10.1. The van der Waals surface area contributed by atoms with E-state index in [1.807, 2.05) is 12.1 Å². The van der Waals surface area contributed by atoms with Crippen LogP contribution in [0, 0.1) is 0 Å². The summed E-state index contributed by atoms with van der Waals surface area (Å²) in [6.45, 7) is 1.48. The molecule has 4 rings (SSSR count). The quantitative estimate of drug-likeness (QED) is 0.733. The van der Waals surface area contributed by atoms with Crippen LogP contribution in [0.3, 0.4) is 0 Å². The molecular formula is C18H18N6O2. The number of piperidine rings is 1. The second kappa shape index (κ2) is 6.91. The second-order valence-electron chi connectivity index (χ2n) is 6.25. The lowest BCUT2D eigenvalue weighted by molar-refractivity contribution is 0.0926. The summed E-state index contributed by atoms with van der Waals surface area (Å²) in [5.41, 5.74) is 0.603. The summed E-state index contributed by atoms with van der Waals surface area (Å²) in [7, 11) is 0. The highest BCUT2D eigenvalue weighted by Crippen LogP contribution is 2.16. The first-order chi connectivity index (χ1) is 12.7. The molecule has 2 aromatic heterocycles. The molecule has 0 spiro atoms. The van der Waals surface area contributed by atoms with Crippen molar-refractivity contribution in [2.75, 3.05) is 18.0 Å². The molecule has 3 heterocycles. The van der Waals surface area contributed by atoms with Crippen LogP contribution in [0.5, 0.6) is 0 Å². The highest BCUT2D eigenvalue weighted by molar-refractivity contribution is 5.93. The number of aromatic nitrogens is 4. The molecule has 8 nitrogen and oxygen atoms in total. The van der Waals surface area contributed by atoms with Crippen LogP contribution in [-0.4, -0.2) is 45.0 Å². The van der Waals surface area contributed by atoms with Crippen molar-refractivity contribution in [1.82, 2.24) is 25.3 Å². The minimum Gasteiger partial charge on any atom is -0.353 e. The Kier molecular flexibility index (Phi) is 4.30. The Morgan fingerprint density at radius 1 is 1.27 bits per heavy atom. The lowest BCUT2D eigenvalue weighted by Crippen LogP contribution is -2.49. The Balaban J connectivity index is 1.51. The molecule has 1 saturated heterocycles. The fourth-order valence-electron chi connectivity index (χ4n) is 3.19. The van der Waals surface area contributed by atoms with Crippen molar-refractivity contribution in [1.29, 1.82) is 0 Å². The highest BCUT2D eigenvalue weighted by Gasteiger charge is 2.24. The van der Waals surface area contributed by atoms with E-state index in [-0.39, 0.29) is 11.7 Å². The Hall–Kier alpha value is -3.29. The number of fused-ring (bicyclic) bond motifs is 1. The van der Waals surface area contributed by atoms with E-state index in [1.54, 1.807) is 30.7 Å². The molecule has 8 heteroatoms. The number of anilines is 1. The van der Waals surface area contributed by atoms with Crippen LogP contribution in [0.4, 0.5) is 5.82 Å². The number of carbonyl (C=O) groups excluding carboxylic acids is 1. The largest absolute Gasteiger partial charge is 0.353 e. The first-order valence-corrected chi connectivity index (χ1v) is 8.51. The van der Waals surface area contributed by atoms with Gasteiger partial charge in [-0.05, 0) is 25.0 Å². The van der Waals surface area contributed by atoms with Gasteiger partial charge < -0.3 is 15.2 Å². The van der Waals surface area contributed by atoms with Gasteiger partial charge in [-0.25, -0.2) is 9.97 Å². The van der Waals surface area contributed by atoms with Crippen molar-refractivity contribution in [3.8, 4) is 0 Å². The van der Waals surface area contributed by atoms with E-state index in [2.05, 4.69) is 30.2 Å². The maximum atomic E-state index is 12.6. The molecule has 0 bridgehead atoms. The summed E-state index contributed by atoms with van der Waals surface area (Å²) in [4.78, 5) is 42.2. The Morgan fingerprint density at radius 3 is 3.00 bits per heavy atom. The molecule has 1 amide bonds. The SMILES string of the molecule is O=C(N[C@@H]1CCCN(c2cnccn2)C1)c1nc2ccccc2[nH]c1=O. The molecule has 1 aliphatic rings. The molecule has 0 saturated carbocycles. The number of amides is 1. The fraction of sp³-hybridized carbons (Fsp3) is 0.278. The van der Waals surface area contributed by atoms with E-state index in [4.69, 9.17) is 0 Å². The normalized spacial score (nSPS) is 17.2. The summed E-state index contributed by atoms with van der Waals surface area (Å²) in [5.74, 6) is 0.330. The third-order valence-electron chi connectivity index (χ3n) is 4.44. The summed E-state index contributed by atoms with van der Waals surface area (Å²) in [6.07, 6.45) is 6.75. The number of aromatic amines is 1. The van der Waals surface area contributed by atoms with Gasteiger partial charge in [-0.3, -0.25) is 14.6 Å². The van der Waals surface area contributed by atoms with Crippen molar-refractivity contribution in [2.45, 2.75) is 18.9 Å². The molecule has 0 unspecified atom stereocenters. The van der Waals surface area contributed by atoms with Crippen molar-refractivity contribution in [3.05, 3.63) is 58.9 Å². The minimum absolute atomic E-state index is 0.0778. The predicted molar refractivity (Wildman–Crippen MR) is 97.1 cm³/mol. The van der Waals surface area contributed by atoms with Gasteiger partial charge in [0.25, 0.3) is 11.5 Å². The molecule has 1 fully saturated rings. The summed E-state index contributed by atoms with van der Waals surface area (Å²) < 4.78 is 0. The molecule has 1 aliphatic heterocycles. The van der Waals surface area contributed by atoms with Gasteiger partial charge in [-0.1, -0.05) is 12.1 Å². The average Bonchev–Trinajstić information content (AvgIpc) is 2.68. The monoisotopic (exact) mass is 350 g/mol. The minimum atomic E-state index is -0.484. The summed E-state index contributed by atoms with van der Waals surface area (Å²) >= 11 is 0. The third-order valence-corrected chi connectivity index (χ3v) is 4.44. The lowest BCUT2D eigenvalue weighted by Gasteiger charge is -2.33. The van der Waals surface area contributed by atoms with Crippen LogP contribution in [0.2, 0.25) is 0 Å². The van der Waals surface area contributed by atoms with Crippen LogP contribution < -0.4 is 15.8 Å². The number of rotatable bonds is 3. The number of para-hydroxylation sites is 2. The molecule has 0 aliphatic carbocycles. The number of carbonyl (C=O) groups is 1. The zero-order chi connectivity index (χ0) is 17.9. The second-order valence-corrected chi connectivity index (χ2v) is 6.25. The predicted octanol–water partition coefficient (Wildman–Crippen LogP) is 1.11. The van der Waals surface area contributed by atoms with Gasteiger partial charge in [0.2, 0.25) is 0 Å². The van der Waals surface area contributed by atoms with Gasteiger partial charge in [0.15, 0.2) is 5.69 Å². The van der Waals surface area contributed by atoms with Gasteiger partial charge in [-0.2, -0.15) is 0 Å². The van der Waals surface area contributed by atoms with Crippen molar-refractivity contribution >= 4 is 22.8 Å². The third kappa shape index (κ3) is 3.26. The van der Waals surface area contributed by atoms with Gasteiger partial charge in [-0.15, -0.1) is 0 Å². The number of nitrogens with zero attached hydrogens (tertiary/aromatic N) is 4. The van der Waals surface area contributed by atoms with Gasteiger partial charge in [0.05, 0.1) is 17.2 Å². The maximum Gasteiger partial charge on any atom is 0.280 e. The molecule has 1 atom stereocenters. The topological polar surface area (TPSA) is 104 Å². The van der Waals surface area contributed by atoms with Crippen LogP contribution in [0.15, 0.2) is 47.7 Å². The van der Waals surface area contributed by atoms with E-state index in [0.717, 1.165) is 25.2 Å². The Bertz CT molecular complexity index is 988. The molecular weight excluding hydrogens is 332 g/mol. The van der Waals surface area contributed by atoms with Gasteiger partial charge >= 0.3 is 0 Å². The highest BCUT2D eigenvalue weighted by atomic mass is 16.2. The van der Waals surface area contributed by atoms with Crippen LogP contribution in [0.25, 0.3) is 11.0 Å². The molecule has 3 aromatic rings. The smallest absolute Gasteiger partial charge is 0.280 e. The summed E-state index contributed by atoms with van der Waals surface area (Å²) in [5, 5.41) is 2.93. The van der Waals surface area contributed by atoms with Crippen molar-refractivity contribution in [2.24, 2.45) is 0 Å². The first-order valence-electron chi connectivity index (χ1n) is 8.51.